The van der Waals surface area contributed by atoms with Gasteiger partial charge in [0.15, 0.2) is 0 Å². The Kier molecular flexibility index (Phi) is 97.2. The van der Waals surface area contributed by atoms with Crippen LogP contribution in [0.5, 0.6) is 0 Å². The summed E-state index contributed by atoms with van der Waals surface area (Å²) in [5, 5.41) is 24.2. The predicted molar refractivity (Wildman–Crippen MR) is 63.6 cm³/mol. The Morgan fingerprint density at radius 3 is 0.478 bits per heavy atom. The SMILES string of the molecule is CC(C)O.CC(C)O.CC(C)O.[O-][Sb]([O-])[O-].[O-][Sb]([O-])[O-].[Zn+2].[Zn+2].[Zn+2]. The van der Waals surface area contributed by atoms with E-state index in [2.05, 4.69) is 0 Å². The molecule has 0 fully saturated rings. The van der Waals surface area contributed by atoms with Gasteiger partial charge in [0.05, 0.1) is 0 Å². The first-order valence-electron chi connectivity index (χ1n) is 5.33. The van der Waals surface area contributed by atoms with Crippen LogP contribution in [0.1, 0.15) is 41.5 Å². The monoisotopic (exact) mass is 710 g/mol. The summed E-state index contributed by atoms with van der Waals surface area (Å²) in [6.45, 7) is 10.3. The zero-order chi connectivity index (χ0) is 17.9. The molecule has 130 valence electrons. The maximum atomic E-state index is 8.60. The van der Waals surface area contributed by atoms with Crippen molar-refractivity contribution >= 4 is 42.9 Å². The Hall–Kier alpha value is 3.15. The second-order valence-electron chi connectivity index (χ2n) is 3.73. The number of rotatable bonds is 0. The smallest absolute Gasteiger partial charge is 2.00 e. The predicted octanol–water partition coefficient (Wildman–Crippen LogP) is -6.74. The molecule has 0 aromatic rings. The van der Waals surface area contributed by atoms with E-state index < -0.39 is 42.9 Å². The summed E-state index contributed by atoms with van der Waals surface area (Å²) in [5.74, 6) is 0. The zero-order valence-electron chi connectivity index (χ0n) is 14.5. The molecule has 0 unspecified atom stereocenters. The summed E-state index contributed by atoms with van der Waals surface area (Å²) in [5.41, 5.74) is 0. The first-order valence-corrected chi connectivity index (χ1v) is 11.6. The van der Waals surface area contributed by atoms with Crippen LogP contribution in [0.15, 0.2) is 0 Å². The number of hydrogen-bond acceptors (Lipinski definition) is 9. The topological polar surface area (TPSA) is 199 Å². The molecule has 0 aliphatic heterocycles. The van der Waals surface area contributed by atoms with E-state index in [1.807, 2.05) is 0 Å². The van der Waals surface area contributed by atoms with Gasteiger partial charge in [0, 0.05) is 18.3 Å². The van der Waals surface area contributed by atoms with Crippen LogP contribution in [0.2, 0.25) is 0 Å². The molecule has 23 heavy (non-hydrogen) atoms. The molecule has 9 nitrogen and oxygen atoms in total. The Balaban J connectivity index is -0.0000000197. The van der Waals surface area contributed by atoms with Gasteiger partial charge in [0.25, 0.3) is 0 Å². The molecule has 0 saturated heterocycles. The summed E-state index contributed by atoms with van der Waals surface area (Å²) < 4.78 is 51.6. The van der Waals surface area contributed by atoms with Gasteiger partial charge < -0.3 is 15.3 Å². The van der Waals surface area contributed by atoms with Crippen molar-refractivity contribution in [2.24, 2.45) is 0 Å². The van der Waals surface area contributed by atoms with Gasteiger partial charge in [-0.05, 0) is 41.5 Å². The molecule has 0 aromatic carbocycles. The molecule has 0 aliphatic rings. The van der Waals surface area contributed by atoms with Gasteiger partial charge in [-0.3, -0.25) is 0 Å². The summed E-state index contributed by atoms with van der Waals surface area (Å²) in [6, 6.07) is 0. The van der Waals surface area contributed by atoms with E-state index in [9.17, 15) is 0 Å². The molecule has 0 radical (unpaired) electrons. The number of hydrogen-bond donors (Lipinski definition) is 3. The molecule has 0 spiro atoms. The van der Waals surface area contributed by atoms with Crippen molar-refractivity contribution in [2.75, 3.05) is 0 Å². The fourth-order valence-electron chi connectivity index (χ4n) is 0. The van der Waals surface area contributed by atoms with Crippen molar-refractivity contribution < 1.29 is 94.1 Å². The van der Waals surface area contributed by atoms with Crippen molar-refractivity contribution in [1.29, 1.82) is 0 Å². The van der Waals surface area contributed by atoms with E-state index in [-0.39, 0.29) is 76.7 Å². The van der Waals surface area contributed by atoms with Gasteiger partial charge in [-0.1, -0.05) is 0 Å². The quantitative estimate of drug-likeness (QED) is 0.204. The van der Waals surface area contributed by atoms with E-state index in [0.717, 1.165) is 0 Å². The Bertz CT molecular complexity index is 98.8. The van der Waals surface area contributed by atoms with E-state index in [1.165, 1.54) is 0 Å². The molecule has 14 heteroatoms. The van der Waals surface area contributed by atoms with Crippen molar-refractivity contribution in [1.82, 2.24) is 0 Å². The van der Waals surface area contributed by atoms with Gasteiger partial charge >= 0.3 is 122 Å². The van der Waals surface area contributed by atoms with Crippen molar-refractivity contribution in [3.05, 3.63) is 0 Å². The molecular formula is C9H24O9Sb2Zn3. The van der Waals surface area contributed by atoms with Crippen LogP contribution in [0.4, 0.5) is 0 Å². The third-order valence-electron chi connectivity index (χ3n) is 0. The maximum Gasteiger partial charge on any atom is 2.00 e. The van der Waals surface area contributed by atoms with E-state index >= 15 is 0 Å². The van der Waals surface area contributed by atoms with Gasteiger partial charge in [-0.2, -0.15) is 0 Å². The van der Waals surface area contributed by atoms with E-state index in [0.29, 0.717) is 0 Å². The van der Waals surface area contributed by atoms with Crippen molar-refractivity contribution in [2.45, 2.75) is 59.9 Å². The Morgan fingerprint density at radius 1 is 0.478 bits per heavy atom. The summed E-state index contributed by atoms with van der Waals surface area (Å²) in [4.78, 5) is 0. The van der Waals surface area contributed by atoms with Gasteiger partial charge in [-0.25, -0.2) is 0 Å². The third-order valence-corrected chi connectivity index (χ3v) is 0. The van der Waals surface area contributed by atoms with Crippen molar-refractivity contribution in [3.8, 4) is 0 Å². The third kappa shape index (κ3) is 1360. The first-order chi connectivity index (χ1) is 8.66. The molecule has 0 aromatic heterocycles. The summed E-state index contributed by atoms with van der Waals surface area (Å²) in [7, 11) is 0. The Morgan fingerprint density at radius 2 is 0.478 bits per heavy atom. The zero-order valence-corrected chi connectivity index (χ0v) is 28.5. The number of aliphatic hydroxyl groups excluding tert-OH is 3. The molecule has 0 saturated carbocycles. The van der Waals surface area contributed by atoms with Crippen LogP contribution < -0.4 is 20.3 Å². The van der Waals surface area contributed by atoms with Crippen molar-refractivity contribution in [3.63, 3.8) is 0 Å². The van der Waals surface area contributed by atoms with Gasteiger partial charge in [0.1, 0.15) is 0 Å². The fourth-order valence-corrected chi connectivity index (χ4v) is 0. The summed E-state index contributed by atoms with van der Waals surface area (Å²) >= 11 is -8.40. The molecular weight excluding hydrogens is 692 g/mol. The molecule has 0 rings (SSSR count). The van der Waals surface area contributed by atoms with Gasteiger partial charge in [0.2, 0.25) is 0 Å². The molecule has 0 atom stereocenters. The first kappa shape index (κ1) is 50.2. The van der Waals surface area contributed by atoms with Crippen LogP contribution in [0.3, 0.4) is 0 Å². The van der Waals surface area contributed by atoms with Crippen LogP contribution in [-0.4, -0.2) is 76.6 Å². The van der Waals surface area contributed by atoms with Crippen LogP contribution >= 0.6 is 0 Å². The van der Waals surface area contributed by atoms with Crippen LogP contribution in [0, 0.1) is 0 Å². The maximum absolute atomic E-state index is 8.60. The molecule has 0 bridgehead atoms. The minimum Gasteiger partial charge on any atom is 2.00 e. The second kappa shape index (κ2) is 44.5. The average Bonchev–Trinajstić information content (AvgIpc) is 1.94. The van der Waals surface area contributed by atoms with Gasteiger partial charge in [-0.15, -0.1) is 0 Å². The summed E-state index contributed by atoms with van der Waals surface area (Å²) in [6.07, 6.45) is -0.500. The van der Waals surface area contributed by atoms with E-state index in [1.54, 1.807) is 41.5 Å². The molecule has 0 amide bonds. The minimum atomic E-state index is -4.20. The second-order valence-corrected chi connectivity index (χ2v) is 6.28. The fraction of sp³-hybridized carbons (Fsp3) is 1.00. The average molecular weight is 716 g/mol. The number of aliphatic hydroxyl groups is 3. The minimum absolute atomic E-state index is 0. The molecule has 0 heterocycles. The van der Waals surface area contributed by atoms with Crippen LogP contribution in [0.25, 0.3) is 0 Å². The van der Waals surface area contributed by atoms with E-state index in [4.69, 9.17) is 35.6 Å². The van der Waals surface area contributed by atoms with Crippen LogP contribution in [-0.2, 0) is 58.4 Å². The standard InChI is InChI=1S/3C3H8O.6O.2Sb.3Zn/c3*1-3(2)4;;;;;;;;;;;/h3*3-4H,1-2H3;;;;;;;;;;;/q;;;6*-1;;;3*+2. The normalized spacial score (nSPS) is 7.83. The molecule has 3 N–H and O–H groups in total. The largest absolute Gasteiger partial charge is 2.00 e. The molecule has 0 aliphatic carbocycles. The Labute approximate surface area is 194 Å².